The zero-order chi connectivity index (χ0) is 22.5. The van der Waals surface area contributed by atoms with Crippen LogP contribution in [-0.2, 0) is 18.4 Å². The molecule has 8 heteroatoms. The zero-order valence-corrected chi connectivity index (χ0v) is 19.4. The predicted octanol–water partition coefficient (Wildman–Crippen LogP) is 5.17. The number of rotatable bonds is 8. The molecule has 0 aliphatic rings. The van der Waals surface area contributed by atoms with Crippen LogP contribution in [0.2, 0.25) is 5.02 Å². The summed E-state index contributed by atoms with van der Waals surface area (Å²) in [4.78, 5) is 12.6. The number of aromatic nitrogens is 3. The maximum Gasteiger partial charge on any atom is 0.230 e. The van der Waals surface area contributed by atoms with Gasteiger partial charge < -0.3 is 14.6 Å². The number of thioether (sulfide) groups is 1. The quantitative estimate of drug-likeness (QED) is 0.363. The number of amides is 1. The molecule has 1 amide bonds. The molecule has 4 aromatic rings. The minimum Gasteiger partial charge on any atom is -0.484 e. The van der Waals surface area contributed by atoms with Crippen LogP contribution in [0.15, 0.2) is 71.9 Å². The first-order chi connectivity index (χ1) is 15.5. The Morgan fingerprint density at radius 2 is 1.84 bits per heavy atom. The minimum atomic E-state index is -0.103. The van der Waals surface area contributed by atoms with E-state index in [-0.39, 0.29) is 24.3 Å². The molecule has 0 saturated carbocycles. The van der Waals surface area contributed by atoms with E-state index < -0.39 is 0 Å². The van der Waals surface area contributed by atoms with Gasteiger partial charge in [0, 0.05) is 7.05 Å². The first-order valence-corrected chi connectivity index (χ1v) is 11.5. The summed E-state index contributed by atoms with van der Waals surface area (Å²) in [5.41, 5.74) is 1.10. The van der Waals surface area contributed by atoms with Crippen molar-refractivity contribution in [3.63, 3.8) is 0 Å². The van der Waals surface area contributed by atoms with Crippen molar-refractivity contribution >= 4 is 40.0 Å². The molecule has 32 heavy (non-hydrogen) atoms. The Kier molecular flexibility index (Phi) is 6.97. The lowest BCUT2D eigenvalue weighted by Gasteiger charge is -2.16. The van der Waals surface area contributed by atoms with E-state index in [1.807, 2.05) is 54.9 Å². The number of fused-ring (bicyclic) bond motifs is 1. The summed E-state index contributed by atoms with van der Waals surface area (Å²) in [5, 5.41) is 14.9. The number of ether oxygens (including phenoxy) is 1. The van der Waals surface area contributed by atoms with Gasteiger partial charge in [-0.15, -0.1) is 10.2 Å². The van der Waals surface area contributed by atoms with E-state index in [1.165, 1.54) is 11.8 Å². The summed E-state index contributed by atoms with van der Waals surface area (Å²) < 4.78 is 7.56. The normalized spacial score (nSPS) is 12.0. The fourth-order valence-electron chi connectivity index (χ4n) is 3.42. The average Bonchev–Trinajstić information content (AvgIpc) is 3.16. The third-order valence-electron chi connectivity index (χ3n) is 5.12. The lowest BCUT2D eigenvalue weighted by atomic mass is 10.00. The average molecular weight is 467 g/mol. The number of nitrogens with zero attached hydrogens (tertiary/aromatic N) is 3. The van der Waals surface area contributed by atoms with Gasteiger partial charge in [0.1, 0.15) is 12.4 Å². The highest BCUT2D eigenvalue weighted by Gasteiger charge is 2.15. The Labute approximate surface area is 195 Å². The standard InChI is InChI=1S/C24H23ClN4O2S/c1-16(18-11-7-9-17-8-3-4-10-19(17)18)26-23(30)15-32-24-28-27-22(29(24)2)14-31-21-13-6-5-12-20(21)25/h3-13,16H,14-15H2,1-2H3,(H,26,30). The Balaban J connectivity index is 1.33. The second kappa shape index (κ2) is 10.1. The lowest BCUT2D eigenvalue weighted by molar-refractivity contribution is -0.119. The lowest BCUT2D eigenvalue weighted by Crippen LogP contribution is -2.28. The molecule has 0 spiro atoms. The Morgan fingerprint density at radius 1 is 1.09 bits per heavy atom. The molecular formula is C24H23ClN4O2S. The van der Waals surface area contributed by atoms with Crippen LogP contribution in [0.4, 0.5) is 0 Å². The van der Waals surface area contributed by atoms with E-state index in [9.17, 15) is 4.79 Å². The number of benzene rings is 3. The summed E-state index contributed by atoms with van der Waals surface area (Å²) in [6, 6.07) is 21.5. The maximum absolute atomic E-state index is 12.6. The van der Waals surface area contributed by atoms with Gasteiger partial charge in [0.2, 0.25) is 5.91 Å². The second-order valence-electron chi connectivity index (χ2n) is 7.32. The van der Waals surface area contributed by atoms with Crippen LogP contribution in [0.3, 0.4) is 0 Å². The summed E-state index contributed by atoms with van der Waals surface area (Å²) in [6.07, 6.45) is 0. The molecule has 3 aromatic carbocycles. The number of nitrogens with one attached hydrogen (secondary N) is 1. The van der Waals surface area contributed by atoms with Crippen molar-refractivity contribution in [2.75, 3.05) is 5.75 Å². The van der Waals surface area contributed by atoms with Gasteiger partial charge in [-0.1, -0.05) is 78.0 Å². The van der Waals surface area contributed by atoms with Gasteiger partial charge in [-0.3, -0.25) is 4.79 Å². The molecule has 1 aromatic heterocycles. The van der Waals surface area contributed by atoms with Gasteiger partial charge in [0.15, 0.2) is 11.0 Å². The van der Waals surface area contributed by atoms with Crippen molar-refractivity contribution in [2.24, 2.45) is 7.05 Å². The summed E-state index contributed by atoms with van der Waals surface area (Å²) in [7, 11) is 1.85. The monoisotopic (exact) mass is 466 g/mol. The molecule has 0 fully saturated rings. The molecule has 0 aliphatic heterocycles. The molecule has 1 N–H and O–H groups in total. The summed E-state index contributed by atoms with van der Waals surface area (Å²) in [6.45, 7) is 2.23. The van der Waals surface area contributed by atoms with Crippen molar-refractivity contribution in [3.05, 3.63) is 83.1 Å². The van der Waals surface area contributed by atoms with Crippen molar-refractivity contribution in [1.29, 1.82) is 0 Å². The van der Waals surface area contributed by atoms with Gasteiger partial charge >= 0.3 is 0 Å². The van der Waals surface area contributed by atoms with Gasteiger partial charge in [0.25, 0.3) is 0 Å². The van der Waals surface area contributed by atoms with Crippen LogP contribution < -0.4 is 10.1 Å². The highest BCUT2D eigenvalue weighted by atomic mass is 35.5. The second-order valence-corrected chi connectivity index (χ2v) is 8.67. The van der Waals surface area contributed by atoms with E-state index in [0.717, 1.165) is 16.3 Å². The molecule has 0 aliphatic carbocycles. The van der Waals surface area contributed by atoms with Gasteiger partial charge in [-0.2, -0.15) is 0 Å². The van der Waals surface area contributed by atoms with E-state index in [1.54, 1.807) is 12.1 Å². The largest absolute Gasteiger partial charge is 0.484 e. The SMILES string of the molecule is CC(NC(=O)CSc1nnc(COc2ccccc2Cl)n1C)c1cccc2ccccc12. The fourth-order valence-corrected chi connectivity index (χ4v) is 4.35. The first kappa shape index (κ1) is 22.2. The van der Waals surface area contributed by atoms with E-state index in [0.29, 0.717) is 21.8 Å². The van der Waals surface area contributed by atoms with Crippen molar-refractivity contribution in [2.45, 2.75) is 24.7 Å². The van der Waals surface area contributed by atoms with E-state index >= 15 is 0 Å². The van der Waals surface area contributed by atoms with Gasteiger partial charge in [-0.25, -0.2) is 0 Å². The van der Waals surface area contributed by atoms with Crippen molar-refractivity contribution in [3.8, 4) is 5.75 Å². The van der Waals surface area contributed by atoms with Crippen molar-refractivity contribution < 1.29 is 9.53 Å². The third kappa shape index (κ3) is 5.06. The molecule has 1 atom stereocenters. The molecule has 1 heterocycles. The summed E-state index contributed by atoms with van der Waals surface area (Å²) in [5.74, 6) is 1.42. The van der Waals surface area contributed by atoms with Crippen LogP contribution >= 0.6 is 23.4 Å². The number of halogens is 1. The van der Waals surface area contributed by atoms with Crippen LogP contribution in [0.5, 0.6) is 5.75 Å². The molecular weight excluding hydrogens is 444 g/mol. The van der Waals surface area contributed by atoms with E-state index in [2.05, 4.69) is 33.7 Å². The van der Waals surface area contributed by atoms with E-state index in [4.69, 9.17) is 16.3 Å². The zero-order valence-electron chi connectivity index (χ0n) is 17.8. The molecule has 0 radical (unpaired) electrons. The van der Waals surface area contributed by atoms with Crippen LogP contribution in [0.25, 0.3) is 10.8 Å². The molecule has 1 unspecified atom stereocenters. The van der Waals surface area contributed by atoms with Crippen LogP contribution in [0, 0.1) is 0 Å². The smallest absolute Gasteiger partial charge is 0.230 e. The first-order valence-electron chi connectivity index (χ1n) is 10.2. The topological polar surface area (TPSA) is 69.0 Å². The molecule has 0 saturated heterocycles. The molecule has 0 bridgehead atoms. The maximum atomic E-state index is 12.6. The molecule has 4 rings (SSSR count). The highest BCUT2D eigenvalue weighted by Crippen LogP contribution is 2.26. The molecule has 164 valence electrons. The van der Waals surface area contributed by atoms with Crippen LogP contribution in [0.1, 0.15) is 24.4 Å². The fraction of sp³-hybridized carbons (Fsp3) is 0.208. The third-order valence-corrected chi connectivity index (χ3v) is 6.45. The van der Waals surface area contributed by atoms with Gasteiger partial charge in [0.05, 0.1) is 16.8 Å². The number of carbonyl (C=O) groups excluding carboxylic acids is 1. The minimum absolute atomic E-state index is 0.0627. The number of hydrogen-bond donors (Lipinski definition) is 1. The number of carbonyl (C=O) groups is 1. The Morgan fingerprint density at radius 3 is 2.69 bits per heavy atom. The summed E-state index contributed by atoms with van der Waals surface area (Å²) >= 11 is 7.46. The highest BCUT2D eigenvalue weighted by molar-refractivity contribution is 7.99. The molecule has 6 nitrogen and oxygen atoms in total. The van der Waals surface area contributed by atoms with Crippen LogP contribution in [-0.4, -0.2) is 26.4 Å². The number of para-hydroxylation sites is 1. The number of hydrogen-bond acceptors (Lipinski definition) is 5. The Bertz CT molecular complexity index is 1240. The predicted molar refractivity (Wildman–Crippen MR) is 128 cm³/mol. The van der Waals surface area contributed by atoms with Crippen molar-refractivity contribution in [1.82, 2.24) is 20.1 Å². The Hall–Kier alpha value is -3.03. The van der Waals surface area contributed by atoms with Gasteiger partial charge in [-0.05, 0) is 35.4 Å².